The Hall–Kier alpha value is -1.64. The smallest absolute Gasteiger partial charge is 0.277 e. The Labute approximate surface area is 124 Å². The predicted molar refractivity (Wildman–Crippen MR) is 78.0 cm³/mol. The zero-order valence-corrected chi connectivity index (χ0v) is 12.7. The van der Waals surface area contributed by atoms with E-state index >= 15 is 0 Å². The molecule has 0 spiro atoms. The van der Waals surface area contributed by atoms with E-state index in [4.69, 9.17) is 9.88 Å². The van der Waals surface area contributed by atoms with Gasteiger partial charge in [0.05, 0.1) is 13.5 Å². The number of methoxy groups -OCH3 is 1. The maximum absolute atomic E-state index is 12.2. The molecule has 0 radical (unpaired) electrons. The van der Waals surface area contributed by atoms with Crippen molar-refractivity contribution in [1.82, 2.24) is 9.21 Å². The van der Waals surface area contributed by atoms with Crippen LogP contribution in [0.25, 0.3) is 0 Å². The highest BCUT2D eigenvalue weighted by Gasteiger charge is 2.26. The number of nitrogens with zero attached hydrogens (tertiary/aromatic N) is 2. The highest BCUT2D eigenvalue weighted by Crippen LogP contribution is 2.14. The predicted octanol–water partition coefficient (Wildman–Crippen LogP) is -0.415. The Bertz CT molecular complexity index is 610. The number of carbonyl (C=O) groups excluding carboxylic acids is 1. The van der Waals surface area contributed by atoms with Crippen LogP contribution in [0.15, 0.2) is 24.3 Å². The number of piperazine rings is 1. The van der Waals surface area contributed by atoms with Crippen molar-refractivity contribution in [3.8, 4) is 5.75 Å². The van der Waals surface area contributed by atoms with E-state index in [2.05, 4.69) is 0 Å². The van der Waals surface area contributed by atoms with Gasteiger partial charge in [-0.15, -0.1) is 0 Å². The van der Waals surface area contributed by atoms with Crippen LogP contribution in [-0.4, -0.2) is 56.8 Å². The quantitative estimate of drug-likeness (QED) is 0.817. The van der Waals surface area contributed by atoms with Crippen LogP contribution in [0.5, 0.6) is 5.75 Å². The molecule has 1 amide bonds. The molecule has 2 rings (SSSR count). The molecule has 2 N–H and O–H groups in total. The van der Waals surface area contributed by atoms with E-state index in [9.17, 15) is 13.2 Å². The van der Waals surface area contributed by atoms with Gasteiger partial charge in [-0.2, -0.15) is 12.7 Å². The second-order valence-corrected chi connectivity index (χ2v) is 6.40. The van der Waals surface area contributed by atoms with Crippen LogP contribution in [-0.2, 0) is 21.4 Å². The van der Waals surface area contributed by atoms with Crippen LogP contribution in [0, 0.1) is 0 Å². The van der Waals surface area contributed by atoms with E-state index in [1.54, 1.807) is 12.0 Å². The van der Waals surface area contributed by atoms with Gasteiger partial charge in [0.25, 0.3) is 10.2 Å². The SMILES string of the molecule is COc1cccc(CC(=O)N2CCN(S(N)(=O)=O)CC2)c1. The number of benzene rings is 1. The summed E-state index contributed by atoms with van der Waals surface area (Å²) >= 11 is 0. The van der Waals surface area contributed by atoms with Crippen LogP contribution in [0.2, 0.25) is 0 Å². The zero-order valence-electron chi connectivity index (χ0n) is 11.9. The molecule has 8 heteroatoms. The molecule has 0 atom stereocenters. The van der Waals surface area contributed by atoms with Gasteiger partial charge in [-0.05, 0) is 17.7 Å². The molecule has 0 bridgehead atoms. The summed E-state index contributed by atoms with van der Waals surface area (Å²) in [5.74, 6) is 0.677. The molecule has 0 aliphatic carbocycles. The van der Waals surface area contributed by atoms with Crippen molar-refractivity contribution < 1.29 is 17.9 Å². The minimum Gasteiger partial charge on any atom is -0.497 e. The van der Waals surface area contributed by atoms with Crippen LogP contribution in [0.1, 0.15) is 5.56 Å². The molecule has 1 aromatic carbocycles. The molecule has 0 saturated carbocycles. The molecular weight excluding hydrogens is 294 g/mol. The van der Waals surface area contributed by atoms with Gasteiger partial charge in [0.1, 0.15) is 5.75 Å². The van der Waals surface area contributed by atoms with E-state index in [-0.39, 0.29) is 25.4 Å². The molecule has 1 heterocycles. The molecule has 1 aliphatic rings. The maximum Gasteiger partial charge on any atom is 0.277 e. The molecule has 21 heavy (non-hydrogen) atoms. The van der Waals surface area contributed by atoms with Gasteiger partial charge in [-0.3, -0.25) is 4.79 Å². The summed E-state index contributed by atoms with van der Waals surface area (Å²) in [5, 5.41) is 5.07. The summed E-state index contributed by atoms with van der Waals surface area (Å²) in [4.78, 5) is 13.9. The van der Waals surface area contributed by atoms with Crippen molar-refractivity contribution in [1.29, 1.82) is 0 Å². The second kappa shape index (κ2) is 6.42. The summed E-state index contributed by atoms with van der Waals surface area (Å²) in [6.07, 6.45) is 0.270. The molecule has 1 fully saturated rings. The van der Waals surface area contributed by atoms with Gasteiger partial charge in [0, 0.05) is 26.2 Å². The minimum absolute atomic E-state index is 0.0303. The fourth-order valence-electron chi connectivity index (χ4n) is 2.26. The van der Waals surface area contributed by atoms with E-state index in [1.165, 1.54) is 4.31 Å². The fraction of sp³-hybridized carbons (Fsp3) is 0.462. The largest absolute Gasteiger partial charge is 0.497 e. The number of carbonyl (C=O) groups is 1. The number of hydrogen-bond donors (Lipinski definition) is 1. The highest BCUT2D eigenvalue weighted by atomic mass is 32.2. The first-order valence-corrected chi connectivity index (χ1v) is 8.09. The van der Waals surface area contributed by atoms with Crippen LogP contribution >= 0.6 is 0 Å². The normalized spacial score (nSPS) is 16.8. The lowest BCUT2D eigenvalue weighted by atomic mass is 10.1. The van der Waals surface area contributed by atoms with Crippen LogP contribution in [0.3, 0.4) is 0 Å². The topological polar surface area (TPSA) is 92.9 Å². The Kier molecular flexibility index (Phi) is 4.81. The summed E-state index contributed by atoms with van der Waals surface area (Å²) in [6.45, 7) is 1.20. The molecule has 7 nitrogen and oxygen atoms in total. The average molecular weight is 313 g/mol. The summed E-state index contributed by atoms with van der Waals surface area (Å²) in [5.41, 5.74) is 0.869. The van der Waals surface area contributed by atoms with Gasteiger partial charge in [-0.1, -0.05) is 12.1 Å². The van der Waals surface area contributed by atoms with Crippen LogP contribution < -0.4 is 9.88 Å². The maximum atomic E-state index is 12.2. The lowest BCUT2D eigenvalue weighted by molar-refractivity contribution is -0.131. The average Bonchev–Trinajstić information content (AvgIpc) is 2.46. The number of ether oxygens (including phenoxy) is 1. The summed E-state index contributed by atoms with van der Waals surface area (Å²) in [6, 6.07) is 7.33. The molecule has 1 aliphatic heterocycles. The number of amides is 1. The van der Waals surface area contributed by atoms with Gasteiger partial charge in [0.15, 0.2) is 0 Å². The van der Waals surface area contributed by atoms with E-state index in [0.717, 1.165) is 5.56 Å². The monoisotopic (exact) mass is 313 g/mol. The van der Waals surface area contributed by atoms with E-state index < -0.39 is 10.2 Å². The molecule has 1 saturated heterocycles. The van der Waals surface area contributed by atoms with Gasteiger partial charge in [-0.25, -0.2) is 5.14 Å². The fourth-order valence-corrected chi connectivity index (χ4v) is 2.93. The number of rotatable bonds is 4. The van der Waals surface area contributed by atoms with Crippen molar-refractivity contribution in [2.45, 2.75) is 6.42 Å². The summed E-state index contributed by atoms with van der Waals surface area (Å²) < 4.78 is 28.7. The lowest BCUT2D eigenvalue weighted by Crippen LogP contribution is -2.52. The first-order valence-electron chi connectivity index (χ1n) is 6.59. The zero-order chi connectivity index (χ0) is 15.5. The van der Waals surface area contributed by atoms with Crippen LogP contribution in [0.4, 0.5) is 0 Å². The second-order valence-electron chi connectivity index (χ2n) is 4.85. The van der Waals surface area contributed by atoms with E-state index in [0.29, 0.717) is 18.8 Å². The number of nitrogens with two attached hydrogens (primary N) is 1. The standard InChI is InChI=1S/C13H19N3O4S/c1-20-12-4-2-3-11(9-12)10-13(17)15-5-7-16(8-6-15)21(14,18)19/h2-4,9H,5-8,10H2,1H3,(H2,14,18,19). The first-order chi connectivity index (χ1) is 9.90. The molecular formula is C13H19N3O4S. The third-order valence-electron chi connectivity index (χ3n) is 3.44. The third-order valence-corrected chi connectivity index (χ3v) is 4.53. The Balaban J connectivity index is 1.93. The van der Waals surface area contributed by atoms with Gasteiger partial charge < -0.3 is 9.64 Å². The lowest BCUT2D eigenvalue weighted by Gasteiger charge is -2.33. The van der Waals surface area contributed by atoms with Gasteiger partial charge >= 0.3 is 0 Å². The van der Waals surface area contributed by atoms with Crippen molar-refractivity contribution in [2.75, 3.05) is 33.3 Å². The Morgan fingerprint density at radius 3 is 2.52 bits per heavy atom. The molecule has 0 unspecified atom stereocenters. The number of hydrogen-bond acceptors (Lipinski definition) is 4. The molecule has 116 valence electrons. The molecule has 0 aromatic heterocycles. The molecule has 1 aromatic rings. The summed E-state index contributed by atoms with van der Waals surface area (Å²) in [7, 11) is -2.09. The van der Waals surface area contributed by atoms with Crippen molar-refractivity contribution in [3.63, 3.8) is 0 Å². The highest BCUT2D eigenvalue weighted by molar-refractivity contribution is 7.86. The van der Waals surface area contributed by atoms with E-state index in [1.807, 2.05) is 24.3 Å². The van der Waals surface area contributed by atoms with Gasteiger partial charge in [0.2, 0.25) is 5.91 Å². The van der Waals surface area contributed by atoms with Crippen molar-refractivity contribution in [3.05, 3.63) is 29.8 Å². The van der Waals surface area contributed by atoms with Crippen molar-refractivity contribution >= 4 is 16.1 Å². The Morgan fingerprint density at radius 2 is 1.95 bits per heavy atom. The third kappa shape index (κ3) is 4.16. The minimum atomic E-state index is -3.66. The Morgan fingerprint density at radius 1 is 1.29 bits per heavy atom. The van der Waals surface area contributed by atoms with Crippen molar-refractivity contribution in [2.24, 2.45) is 5.14 Å². The first kappa shape index (κ1) is 15.7.